The summed E-state index contributed by atoms with van der Waals surface area (Å²) in [6.07, 6.45) is 1.28. The average molecular weight is 310 g/mol. The summed E-state index contributed by atoms with van der Waals surface area (Å²) >= 11 is 3.12. The minimum Gasteiger partial charge on any atom is -0.457 e. The molecule has 1 aromatic heterocycles. The lowest BCUT2D eigenvalue weighted by Crippen LogP contribution is -2.08. The molecule has 0 aliphatic heterocycles. The van der Waals surface area contributed by atoms with Crippen LogP contribution in [0, 0.1) is 5.95 Å². The minimum absolute atomic E-state index is 0.103. The van der Waals surface area contributed by atoms with E-state index in [1.54, 1.807) is 0 Å². The molecule has 0 saturated heterocycles. The van der Waals surface area contributed by atoms with Crippen LogP contribution in [0.5, 0.6) is 0 Å². The summed E-state index contributed by atoms with van der Waals surface area (Å²) in [5, 5.41) is 0. The third kappa shape index (κ3) is 3.13. The van der Waals surface area contributed by atoms with Gasteiger partial charge in [-0.15, -0.1) is 0 Å². The van der Waals surface area contributed by atoms with E-state index in [9.17, 15) is 9.18 Å². The SMILES string of the molecule is O=C(OCc1ccccc1)c1cc(Br)cnc1F. The van der Waals surface area contributed by atoms with Crippen molar-refractivity contribution in [3.05, 3.63) is 64.1 Å². The molecule has 0 bridgehead atoms. The van der Waals surface area contributed by atoms with Crippen LogP contribution in [0.2, 0.25) is 0 Å². The lowest BCUT2D eigenvalue weighted by Gasteiger charge is -2.05. The fourth-order valence-electron chi connectivity index (χ4n) is 1.37. The summed E-state index contributed by atoms with van der Waals surface area (Å²) in [5.41, 5.74) is 0.662. The highest BCUT2D eigenvalue weighted by atomic mass is 79.9. The third-order valence-electron chi connectivity index (χ3n) is 2.24. The molecule has 18 heavy (non-hydrogen) atoms. The average Bonchev–Trinajstić information content (AvgIpc) is 2.40. The van der Waals surface area contributed by atoms with Crippen LogP contribution in [0.4, 0.5) is 4.39 Å². The van der Waals surface area contributed by atoms with Gasteiger partial charge in [-0.05, 0) is 27.6 Å². The van der Waals surface area contributed by atoms with Crippen molar-refractivity contribution in [2.75, 3.05) is 0 Å². The van der Waals surface area contributed by atoms with Crippen molar-refractivity contribution in [2.45, 2.75) is 6.61 Å². The first-order valence-corrected chi connectivity index (χ1v) is 5.98. The molecule has 0 fully saturated rings. The standard InChI is InChI=1S/C13H9BrFNO2/c14-10-6-11(12(15)16-7-10)13(17)18-8-9-4-2-1-3-5-9/h1-7H,8H2. The minimum atomic E-state index is -0.837. The molecule has 0 atom stereocenters. The van der Waals surface area contributed by atoms with Gasteiger partial charge in [-0.3, -0.25) is 0 Å². The summed E-state index contributed by atoms with van der Waals surface area (Å²) in [5.74, 6) is -1.57. The number of ether oxygens (including phenoxy) is 1. The van der Waals surface area contributed by atoms with E-state index in [0.717, 1.165) is 5.56 Å². The van der Waals surface area contributed by atoms with Gasteiger partial charge in [0.2, 0.25) is 5.95 Å². The topological polar surface area (TPSA) is 39.2 Å². The number of aromatic nitrogens is 1. The van der Waals surface area contributed by atoms with E-state index in [-0.39, 0.29) is 12.2 Å². The quantitative estimate of drug-likeness (QED) is 0.645. The van der Waals surface area contributed by atoms with Gasteiger partial charge in [-0.1, -0.05) is 30.3 Å². The Morgan fingerprint density at radius 3 is 2.78 bits per heavy atom. The van der Waals surface area contributed by atoms with Gasteiger partial charge < -0.3 is 4.74 Å². The van der Waals surface area contributed by atoms with E-state index in [1.165, 1.54) is 12.3 Å². The number of hydrogen-bond donors (Lipinski definition) is 0. The van der Waals surface area contributed by atoms with Crippen LogP contribution in [-0.4, -0.2) is 11.0 Å². The second-order valence-electron chi connectivity index (χ2n) is 3.55. The normalized spacial score (nSPS) is 10.1. The molecule has 1 heterocycles. The van der Waals surface area contributed by atoms with Crippen LogP contribution in [0.15, 0.2) is 47.1 Å². The van der Waals surface area contributed by atoms with Crippen molar-refractivity contribution >= 4 is 21.9 Å². The Labute approximate surface area is 112 Å². The van der Waals surface area contributed by atoms with Crippen LogP contribution in [-0.2, 0) is 11.3 Å². The largest absolute Gasteiger partial charge is 0.457 e. The molecule has 0 radical (unpaired) electrons. The highest BCUT2D eigenvalue weighted by molar-refractivity contribution is 9.10. The van der Waals surface area contributed by atoms with Crippen molar-refractivity contribution in [1.82, 2.24) is 4.98 Å². The van der Waals surface area contributed by atoms with Crippen molar-refractivity contribution < 1.29 is 13.9 Å². The Kier molecular flexibility index (Phi) is 4.04. The monoisotopic (exact) mass is 309 g/mol. The highest BCUT2D eigenvalue weighted by Crippen LogP contribution is 2.14. The van der Waals surface area contributed by atoms with Gasteiger partial charge in [-0.2, -0.15) is 4.39 Å². The first-order valence-electron chi connectivity index (χ1n) is 5.19. The third-order valence-corrected chi connectivity index (χ3v) is 2.67. The van der Waals surface area contributed by atoms with Gasteiger partial charge in [0.1, 0.15) is 12.2 Å². The van der Waals surface area contributed by atoms with Crippen LogP contribution >= 0.6 is 15.9 Å². The molecule has 0 amide bonds. The number of carbonyl (C=O) groups is 1. The second-order valence-corrected chi connectivity index (χ2v) is 4.47. The summed E-state index contributed by atoms with van der Waals surface area (Å²) in [6, 6.07) is 10.5. The smallest absolute Gasteiger partial charge is 0.343 e. The molecule has 0 unspecified atom stereocenters. The summed E-state index contributed by atoms with van der Waals surface area (Å²) in [4.78, 5) is 15.1. The van der Waals surface area contributed by atoms with Gasteiger partial charge >= 0.3 is 5.97 Å². The molecule has 0 saturated carbocycles. The number of rotatable bonds is 3. The van der Waals surface area contributed by atoms with Gasteiger partial charge in [0, 0.05) is 10.7 Å². The maximum atomic E-state index is 13.3. The van der Waals surface area contributed by atoms with Gasteiger partial charge in [0.25, 0.3) is 0 Å². The van der Waals surface area contributed by atoms with Crippen LogP contribution in [0.3, 0.4) is 0 Å². The molecular formula is C13H9BrFNO2. The zero-order valence-electron chi connectivity index (χ0n) is 9.27. The first kappa shape index (κ1) is 12.7. The van der Waals surface area contributed by atoms with Crippen LogP contribution < -0.4 is 0 Å². The van der Waals surface area contributed by atoms with Crippen LogP contribution in [0.1, 0.15) is 15.9 Å². The molecule has 0 N–H and O–H groups in total. The lowest BCUT2D eigenvalue weighted by atomic mass is 10.2. The predicted molar refractivity (Wildman–Crippen MR) is 67.5 cm³/mol. The molecule has 2 rings (SSSR count). The predicted octanol–water partition coefficient (Wildman–Crippen LogP) is 3.34. The zero-order chi connectivity index (χ0) is 13.0. The molecule has 0 aliphatic rings. The van der Waals surface area contributed by atoms with Gasteiger partial charge in [-0.25, -0.2) is 9.78 Å². The Morgan fingerprint density at radius 1 is 1.33 bits per heavy atom. The van der Waals surface area contributed by atoms with Crippen molar-refractivity contribution in [1.29, 1.82) is 0 Å². The van der Waals surface area contributed by atoms with E-state index in [1.807, 2.05) is 30.3 Å². The number of carbonyl (C=O) groups excluding carboxylic acids is 1. The lowest BCUT2D eigenvalue weighted by molar-refractivity contribution is 0.0466. The number of pyridine rings is 1. The molecule has 1 aromatic carbocycles. The molecule has 92 valence electrons. The number of hydrogen-bond acceptors (Lipinski definition) is 3. The second kappa shape index (κ2) is 5.73. The zero-order valence-corrected chi connectivity index (χ0v) is 10.9. The highest BCUT2D eigenvalue weighted by Gasteiger charge is 2.14. The maximum Gasteiger partial charge on any atom is 0.343 e. The first-order chi connectivity index (χ1) is 8.66. The van der Waals surface area contributed by atoms with Gasteiger partial charge in [0.05, 0.1) is 0 Å². The Hall–Kier alpha value is -1.75. The van der Waals surface area contributed by atoms with Crippen molar-refractivity contribution in [3.63, 3.8) is 0 Å². The molecule has 5 heteroatoms. The van der Waals surface area contributed by atoms with Crippen molar-refractivity contribution in [2.24, 2.45) is 0 Å². The number of benzene rings is 1. The van der Waals surface area contributed by atoms with Crippen LogP contribution in [0.25, 0.3) is 0 Å². The molecule has 2 aromatic rings. The van der Waals surface area contributed by atoms with Gasteiger partial charge in [0.15, 0.2) is 0 Å². The molecular weight excluding hydrogens is 301 g/mol. The number of nitrogens with zero attached hydrogens (tertiary/aromatic N) is 1. The fraction of sp³-hybridized carbons (Fsp3) is 0.0769. The molecule has 0 spiro atoms. The fourth-order valence-corrected chi connectivity index (χ4v) is 1.70. The Morgan fingerprint density at radius 2 is 2.06 bits per heavy atom. The van der Waals surface area contributed by atoms with E-state index in [0.29, 0.717) is 4.47 Å². The number of halogens is 2. The molecule has 3 nitrogen and oxygen atoms in total. The maximum absolute atomic E-state index is 13.3. The summed E-state index contributed by atoms with van der Waals surface area (Å²) in [7, 11) is 0. The Balaban J connectivity index is 2.06. The van der Waals surface area contributed by atoms with E-state index >= 15 is 0 Å². The van der Waals surface area contributed by atoms with E-state index in [4.69, 9.17) is 4.74 Å². The Bertz CT molecular complexity index is 560. The molecule has 0 aliphatic carbocycles. The van der Waals surface area contributed by atoms with E-state index in [2.05, 4.69) is 20.9 Å². The summed E-state index contributed by atoms with van der Waals surface area (Å²) in [6.45, 7) is 0.103. The van der Waals surface area contributed by atoms with E-state index < -0.39 is 11.9 Å². The number of esters is 1. The summed E-state index contributed by atoms with van der Waals surface area (Å²) < 4.78 is 18.8. The van der Waals surface area contributed by atoms with Crippen molar-refractivity contribution in [3.8, 4) is 0 Å².